The van der Waals surface area contributed by atoms with E-state index in [0.29, 0.717) is 21.9 Å². The molecule has 40 heavy (non-hydrogen) atoms. The molecule has 192 valence electrons. The van der Waals surface area contributed by atoms with Gasteiger partial charge in [0.15, 0.2) is 81.0 Å². The standard InChI is InChI=1S/C24H4F6N10/c25-9-1-3-15(19(29)17(9)27)39-21-23(37-13(7-33)11(5-31)35-21)40(16-4-2-10(26)18(28)20(16)30)24-22(39)36-12(6-32)14(8-34)38-24/h1-4H. The van der Waals surface area contributed by atoms with Gasteiger partial charge in [0.05, 0.1) is 11.4 Å². The maximum Gasteiger partial charge on any atom is 0.196 e. The molecule has 2 aromatic carbocycles. The Balaban J connectivity index is 1.99. The Morgan fingerprint density at radius 2 is 0.725 bits per heavy atom. The van der Waals surface area contributed by atoms with E-state index in [0.717, 1.165) is 12.1 Å². The molecule has 1 aliphatic rings. The average Bonchev–Trinajstić information content (AvgIpc) is 2.97. The first-order chi connectivity index (χ1) is 19.2. The van der Waals surface area contributed by atoms with Gasteiger partial charge in [-0.3, -0.25) is 9.80 Å². The van der Waals surface area contributed by atoms with E-state index in [1.807, 2.05) is 0 Å². The largest absolute Gasteiger partial charge is 0.270 e. The minimum atomic E-state index is -1.95. The Labute approximate surface area is 218 Å². The quantitative estimate of drug-likeness (QED) is 0.222. The van der Waals surface area contributed by atoms with Crippen molar-refractivity contribution in [1.29, 1.82) is 21.0 Å². The van der Waals surface area contributed by atoms with Gasteiger partial charge in [0.25, 0.3) is 0 Å². The van der Waals surface area contributed by atoms with Gasteiger partial charge in [-0.2, -0.15) is 21.0 Å². The third-order valence-electron chi connectivity index (χ3n) is 5.50. The SMILES string of the molecule is N#Cc1nc2c(nc1C#N)N(c1ccc(F)c(F)c1F)c1nc(C#N)c(C#N)nc1N2c1ccc(F)c(F)c1F. The van der Waals surface area contributed by atoms with Gasteiger partial charge >= 0.3 is 0 Å². The Hall–Kier alpha value is -6.26. The molecule has 3 heterocycles. The Morgan fingerprint density at radius 1 is 0.450 bits per heavy atom. The number of benzene rings is 2. The fraction of sp³-hybridized carbons (Fsp3) is 0. The molecule has 0 aliphatic carbocycles. The summed E-state index contributed by atoms with van der Waals surface area (Å²) in [6.45, 7) is 0. The molecule has 0 atom stereocenters. The van der Waals surface area contributed by atoms with Crippen LogP contribution in [0.2, 0.25) is 0 Å². The van der Waals surface area contributed by atoms with E-state index < -0.39 is 92.3 Å². The van der Waals surface area contributed by atoms with E-state index >= 15 is 8.78 Å². The molecule has 1 aliphatic heterocycles. The van der Waals surface area contributed by atoms with E-state index in [1.54, 1.807) is 24.3 Å². The van der Waals surface area contributed by atoms with Crippen LogP contribution in [0.4, 0.5) is 61.0 Å². The number of aromatic nitrogens is 4. The lowest BCUT2D eigenvalue weighted by Gasteiger charge is -2.36. The first-order valence-corrected chi connectivity index (χ1v) is 10.5. The lowest BCUT2D eigenvalue weighted by Crippen LogP contribution is -2.30. The Bertz CT molecular complexity index is 1730. The summed E-state index contributed by atoms with van der Waals surface area (Å²) < 4.78 is 86.5. The van der Waals surface area contributed by atoms with E-state index in [9.17, 15) is 38.6 Å². The molecule has 5 rings (SSSR count). The summed E-state index contributed by atoms with van der Waals surface area (Å²) in [5, 5.41) is 38.0. The molecule has 0 fully saturated rings. The summed E-state index contributed by atoms with van der Waals surface area (Å²) in [4.78, 5) is 17.0. The van der Waals surface area contributed by atoms with Gasteiger partial charge in [0.2, 0.25) is 0 Å². The second-order valence-electron chi connectivity index (χ2n) is 7.64. The molecule has 0 bridgehead atoms. The summed E-state index contributed by atoms with van der Waals surface area (Å²) in [6, 6.07) is 8.78. The van der Waals surface area contributed by atoms with Gasteiger partial charge in [-0.05, 0) is 24.3 Å². The van der Waals surface area contributed by atoms with Crippen molar-refractivity contribution in [1.82, 2.24) is 19.9 Å². The maximum absolute atomic E-state index is 15.1. The molecule has 10 nitrogen and oxygen atoms in total. The first kappa shape index (κ1) is 25.4. The van der Waals surface area contributed by atoms with Crippen LogP contribution in [-0.4, -0.2) is 19.9 Å². The highest BCUT2D eigenvalue weighted by Gasteiger charge is 2.40. The first-order valence-electron chi connectivity index (χ1n) is 10.5. The van der Waals surface area contributed by atoms with Crippen LogP contribution < -0.4 is 9.80 Å². The van der Waals surface area contributed by atoms with Crippen LogP contribution in [0.1, 0.15) is 22.8 Å². The molecule has 4 aromatic rings. The van der Waals surface area contributed by atoms with E-state index in [1.165, 1.54) is 0 Å². The van der Waals surface area contributed by atoms with Gasteiger partial charge in [-0.15, -0.1) is 0 Å². The molecule has 0 spiro atoms. The predicted octanol–water partition coefficient (Wildman–Crippen LogP) is 4.84. The fourth-order valence-electron chi connectivity index (χ4n) is 3.78. The van der Waals surface area contributed by atoms with Crippen molar-refractivity contribution < 1.29 is 26.3 Å². The number of hydrogen-bond donors (Lipinski definition) is 0. The van der Waals surface area contributed by atoms with Crippen molar-refractivity contribution in [2.75, 3.05) is 9.80 Å². The lowest BCUT2D eigenvalue weighted by molar-refractivity contribution is 0.447. The van der Waals surface area contributed by atoms with Crippen LogP contribution in [0.5, 0.6) is 0 Å². The number of hydrogen-bond acceptors (Lipinski definition) is 10. The molecular formula is C24H4F6N10. The summed E-state index contributed by atoms with van der Waals surface area (Å²) in [5.74, 6) is -13.3. The van der Waals surface area contributed by atoms with E-state index in [4.69, 9.17) is 0 Å². The predicted molar refractivity (Wildman–Crippen MR) is 119 cm³/mol. The molecule has 0 radical (unpaired) electrons. The number of nitriles is 4. The Kier molecular flexibility index (Phi) is 5.87. The van der Waals surface area contributed by atoms with Crippen LogP contribution in [0.3, 0.4) is 0 Å². The molecule has 2 aromatic heterocycles. The van der Waals surface area contributed by atoms with Crippen molar-refractivity contribution in [3.05, 3.63) is 81.9 Å². The zero-order valence-corrected chi connectivity index (χ0v) is 19.0. The fourth-order valence-corrected chi connectivity index (χ4v) is 3.78. The highest BCUT2D eigenvalue weighted by molar-refractivity contribution is 5.96. The van der Waals surface area contributed by atoms with Crippen LogP contribution in [0, 0.1) is 80.2 Å². The highest BCUT2D eigenvalue weighted by atomic mass is 19.2. The summed E-state index contributed by atoms with van der Waals surface area (Å²) in [6.07, 6.45) is 0. The van der Waals surface area contributed by atoms with Gasteiger partial charge < -0.3 is 0 Å². The number of nitrogens with zero attached hydrogens (tertiary/aromatic N) is 10. The lowest BCUT2D eigenvalue weighted by atomic mass is 10.1. The van der Waals surface area contributed by atoms with Crippen LogP contribution >= 0.6 is 0 Å². The second kappa shape index (κ2) is 9.24. The highest BCUT2D eigenvalue weighted by Crippen LogP contribution is 2.52. The molecule has 16 heteroatoms. The monoisotopic (exact) mass is 546 g/mol. The van der Waals surface area contributed by atoms with Gasteiger partial charge in [-0.25, -0.2) is 46.3 Å². The van der Waals surface area contributed by atoms with Crippen molar-refractivity contribution in [3.63, 3.8) is 0 Å². The van der Waals surface area contributed by atoms with Crippen LogP contribution in [0.25, 0.3) is 0 Å². The topological polar surface area (TPSA) is 153 Å². The van der Waals surface area contributed by atoms with E-state index in [-0.39, 0.29) is 0 Å². The summed E-state index contributed by atoms with van der Waals surface area (Å²) >= 11 is 0. The summed E-state index contributed by atoms with van der Waals surface area (Å²) in [7, 11) is 0. The normalized spacial score (nSPS) is 11.6. The molecule has 0 unspecified atom stereocenters. The minimum absolute atomic E-state index is 0.527. The van der Waals surface area contributed by atoms with Gasteiger partial charge in [-0.1, -0.05) is 0 Å². The molecule has 0 saturated heterocycles. The third kappa shape index (κ3) is 3.56. The third-order valence-corrected chi connectivity index (χ3v) is 5.50. The summed E-state index contributed by atoms with van der Waals surface area (Å²) in [5.41, 5.74) is -4.29. The van der Waals surface area contributed by atoms with Gasteiger partial charge in [0.1, 0.15) is 24.3 Å². The van der Waals surface area contributed by atoms with Crippen molar-refractivity contribution >= 4 is 34.6 Å². The van der Waals surface area contributed by atoms with Crippen molar-refractivity contribution in [3.8, 4) is 24.3 Å². The smallest absolute Gasteiger partial charge is 0.196 e. The van der Waals surface area contributed by atoms with Crippen LogP contribution in [0.15, 0.2) is 24.3 Å². The van der Waals surface area contributed by atoms with E-state index in [2.05, 4.69) is 19.9 Å². The number of halogens is 6. The van der Waals surface area contributed by atoms with Crippen molar-refractivity contribution in [2.45, 2.75) is 0 Å². The van der Waals surface area contributed by atoms with Gasteiger partial charge in [0, 0.05) is 0 Å². The number of fused-ring (bicyclic) bond motifs is 2. The molecule has 0 amide bonds. The van der Waals surface area contributed by atoms with Crippen molar-refractivity contribution in [2.24, 2.45) is 0 Å². The Morgan fingerprint density at radius 3 is 0.975 bits per heavy atom. The minimum Gasteiger partial charge on any atom is -0.270 e. The average molecular weight is 546 g/mol. The number of rotatable bonds is 2. The number of anilines is 6. The molecule has 0 N–H and O–H groups in total. The zero-order chi connectivity index (χ0) is 28.9. The second-order valence-corrected chi connectivity index (χ2v) is 7.64. The zero-order valence-electron chi connectivity index (χ0n) is 19.0. The molecule has 0 saturated carbocycles. The van der Waals surface area contributed by atoms with Crippen LogP contribution in [-0.2, 0) is 0 Å². The molecular weight excluding hydrogens is 542 g/mol. The maximum atomic E-state index is 15.1.